The molecule has 31 heavy (non-hydrogen) atoms. The summed E-state index contributed by atoms with van der Waals surface area (Å²) in [5.74, 6) is -0.0386. The highest BCUT2D eigenvalue weighted by Gasteiger charge is 2.49. The highest BCUT2D eigenvalue weighted by Crippen LogP contribution is 2.28. The van der Waals surface area contributed by atoms with Crippen molar-refractivity contribution in [2.45, 2.75) is 50.5 Å². The van der Waals surface area contributed by atoms with E-state index < -0.39 is 52.5 Å². The van der Waals surface area contributed by atoms with Crippen LogP contribution in [0.25, 0.3) is 0 Å². The number of allylic oxidation sites excluding steroid dienone is 2. The Morgan fingerprint density at radius 1 is 0.903 bits per heavy atom. The second-order valence-electron chi connectivity index (χ2n) is 5.60. The normalized spacial score (nSPS) is 13.7. The first-order valence-corrected chi connectivity index (χ1v) is 13.4. The maximum atomic E-state index is 12.6. The Hall–Kier alpha value is -1.07. The van der Waals surface area contributed by atoms with E-state index in [0.29, 0.717) is 22.8 Å². The van der Waals surface area contributed by atoms with Crippen LogP contribution in [0.2, 0.25) is 0 Å². The molecule has 0 unspecified atom stereocenters. The summed E-state index contributed by atoms with van der Waals surface area (Å²) in [6, 6.07) is 9.35. The molecule has 6 nitrogen and oxygen atoms in total. The van der Waals surface area contributed by atoms with Crippen molar-refractivity contribution < 1.29 is 73.1 Å². The lowest BCUT2D eigenvalue weighted by Gasteiger charge is -2.12. The third kappa shape index (κ3) is 10.9. The van der Waals surface area contributed by atoms with Crippen molar-refractivity contribution in [3.05, 3.63) is 43.2 Å². The smallest absolute Gasteiger partial charge is 0.534 e. The first-order valence-electron chi connectivity index (χ1n) is 8.41. The summed E-state index contributed by atoms with van der Waals surface area (Å²) >= 11 is -0.767. The Balaban J connectivity index is 0.000000954. The van der Waals surface area contributed by atoms with Crippen LogP contribution >= 0.6 is 0 Å². The SMILES string of the molecule is CCC/C(OS(=O)(=O)C(F)(F)F)=C(/CCC)[I+]c1ccccc1.O=S(=O)([O-])C(F)(F)F. The summed E-state index contributed by atoms with van der Waals surface area (Å²) in [6.07, 6.45) is 1.93. The monoisotopic (exact) mass is 612 g/mol. The van der Waals surface area contributed by atoms with Crippen LogP contribution in [0.5, 0.6) is 0 Å². The number of halogens is 7. The molecule has 0 fully saturated rings. The molecule has 0 N–H and O–H groups in total. The Labute approximate surface area is 186 Å². The molecule has 0 radical (unpaired) electrons. The third-order valence-electron chi connectivity index (χ3n) is 2.98. The minimum Gasteiger partial charge on any atom is -0.741 e. The van der Waals surface area contributed by atoms with Gasteiger partial charge in [-0.15, -0.1) is 0 Å². The predicted molar refractivity (Wildman–Crippen MR) is 93.8 cm³/mol. The van der Waals surface area contributed by atoms with Crippen LogP contribution in [-0.4, -0.2) is 32.4 Å². The van der Waals surface area contributed by atoms with Crippen LogP contribution in [-0.2, 0) is 24.4 Å². The van der Waals surface area contributed by atoms with E-state index in [0.717, 1.165) is 3.57 Å². The van der Waals surface area contributed by atoms with E-state index in [1.807, 2.05) is 37.3 Å². The number of hydrogen-bond acceptors (Lipinski definition) is 6. The van der Waals surface area contributed by atoms with Crippen LogP contribution in [0.15, 0.2) is 39.7 Å². The first kappa shape index (κ1) is 29.9. The van der Waals surface area contributed by atoms with Gasteiger partial charge < -0.3 is 8.74 Å². The highest BCUT2D eigenvalue weighted by molar-refractivity contribution is 7.87. The lowest BCUT2D eigenvalue weighted by molar-refractivity contribution is -0.581. The van der Waals surface area contributed by atoms with E-state index >= 15 is 0 Å². The van der Waals surface area contributed by atoms with Crippen molar-refractivity contribution in [3.8, 4) is 0 Å². The summed E-state index contributed by atoms with van der Waals surface area (Å²) in [7, 11) is -11.7. The zero-order valence-electron chi connectivity index (χ0n) is 16.1. The topological polar surface area (TPSA) is 101 Å². The van der Waals surface area contributed by atoms with Crippen molar-refractivity contribution in [2.24, 2.45) is 0 Å². The molecule has 1 aromatic rings. The second-order valence-corrected chi connectivity index (χ2v) is 11.6. The van der Waals surface area contributed by atoms with Crippen LogP contribution in [0.3, 0.4) is 0 Å². The molecular formula is C16H19F6IO6S2. The minimum absolute atomic E-state index is 0.0386. The molecule has 0 aliphatic carbocycles. The predicted octanol–water partition coefficient (Wildman–Crippen LogP) is 1.67. The fourth-order valence-electron chi connectivity index (χ4n) is 1.70. The lowest BCUT2D eigenvalue weighted by atomic mass is 10.2. The van der Waals surface area contributed by atoms with Crippen LogP contribution in [0.1, 0.15) is 39.5 Å². The van der Waals surface area contributed by atoms with E-state index in [1.165, 1.54) is 0 Å². The summed E-state index contributed by atoms with van der Waals surface area (Å²) in [5, 5.41) is 0. The van der Waals surface area contributed by atoms with Crippen molar-refractivity contribution in [1.29, 1.82) is 0 Å². The molecule has 180 valence electrons. The van der Waals surface area contributed by atoms with E-state index in [4.69, 9.17) is 13.0 Å². The van der Waals surface area contributed by atoms with Gasteiger partial charge in [0.15, 0.2) is 19.4 Å². The molecule has 0 spiro atoms. The minimum atomic E-state index is -6.09. The van der Waals surface area contributed by atoms with Gasteiger partial charge in [0.05, 0.1) is 0 Å². The molecule has 0 aliphatic heterocycles. The third-order valence-corrected chi connectivity index (χ3v) is 7.67. The molecular weight excluding hydrogens is 593 g/mol. The highest BCUT2D eigenvalue weighted by atomic mass is 127. The summed E-state index contributed by atoms with van der Waals surface area (Å²) in [4.78, 5) is 0. The zero-order valence-corrected chi connectivity index (χ0v) is 19.9. The Bertz CT molecular complexity index is 926. The van der Waals surface area contributed by atoms with E-state index in [-0.39, 0.29) is 12.2 Å². The molecule has 0 amide bonds. The Morgan fingerprint density at radius 3 is 1.71 bits per heavy atom. The van der Waals surface area contributed by atoms with Gasteiger partial charge in [0.25, 0.3) is 0 Å². The average Bonchev–Trinajstić information content (AvgIpc) is 2.59. The first-order chi connectivity index (χ1) is 14.0. The van der Waals surface area contributed by atoms with Gasteiger partial charge in [-0.05, 0) is 25.0 Å². The second kappa shape index (κ2) is 12.2. The summed E-state index contributed by atoms with van der Waals surface area (Å²) in [5.41, 5.74) is -11.1. The fourth-order valence-corrected chi connectivity index (χ4v) is 5.41. The van der Waals surface area contributed by atoms with Gasteiger partial charge in [-0.1, -0.05) is 32.0 Å². The molecule has 0 saturated heterocycles. The standard InChI is InChI=1S/C15H19F3IO3S.CHF3O3S/c1-3-8-13(19-12-10-6-5-7-11-12)14(9-4-2)22-23(20,21)15(16,17)18;2-1(3,4)8(5,6)7/h5-7,10-11H,3-4,8-9H2,1-2H3;(H,5,6,7)/q+1;/p-1/b14-13+;. The van der Waals surface area contributed by atoms with Crippen LogP contribution < -0.4 is 21.2 Å². The molecule has 1 rings (SSSR count). The molecule has 0 aromatic heterocycles. The fraction of sp³-hybridized carbons (Fsp3) is 0.500. The summed E-state index contributed by atoms with van der Waals surface area (Å²) < 4.78 is 126. The van der Waals surface area contributed by atoms with Gasteiger partial charge in [0.1, 0.15) is 0 Å². The van der Waals surface area contributed by atoms with Crippen LogP contribution in [0, 0.1) is 3.57 Å². The average molecular weight is 612 g/mol. The van der Waals surface area contributed by atoms with Crippen molar-refractivity contribution in [3.63, 3.8) is 0 Å². The van der Waals surface area contributed by atoms with Gasteiger partial charge >= 0.3 is 42.3 Å². The quantitative estimate of drug-likeness (QED) is 0.111. The molecule has 0 atom stereocenters. The van der Waals surface area contributed by atoms with Crippen molar-refractivity contribution in [2.75, 3.05) is 0 Å². The van der Waals surface area contributed by atoms with E-state index in [1.54, 1.807) is 6.92 Å². The van der Waals surface area contributed by atoms with Gasteiger partial charge in [-0.2, -0.15) is 34.8 Å². The number of rotatable bonds is 8. The Kier molecular flexibility index (Phi) is 11.8. The Morgan fingerprint density at radius 2 is 1.35 bits per heavy atom. The molecule has 15 heteroatoms. The largest absolute Gasteiger partial charge is 0.741 e. The van der Waals surface area contributed by atoms with E-state index in [9.17, 15) is 34.8 Å². The van der Waals surface area contributed by atoms with E-state index in [2.05, 4.69) is 4.18 Å². The van der Waals surface area contributed by atoms with Gasteiger partial charge in [-0.25, -0.2) is 8.42 Å². The molecule has 0 bridgehead atoms. The zero-order chi connectivity index (χ0) is 24.5. The molecule has 1 aromatic carbocycles. The van der Waals surface area contributed by atoms with Gasteiger partial charge in [0, 0.05) is 12.8 Å². The van der Waals surface area contributed by atoms with Crippen molar-refractivity contribution >= 4 is 20.2 Å². The number of benzene rings is 1. The summed E-state index contributed by atoms with van der Waals surface area (Å²) in [6.45, 7) is 3.67. The molecule has 0 saturated carbocycles. The number of alkyl halides is 6. The maximum Gasteiger partial charge on any atom is 0.534 e. The lowest BCUT2D eigenvalue weighted by Crippen LogP contribution is -3.61. The molecule has 0 aliphatic rings. The van der Waals surface area contributed by atoms with Gasteiger partial charge in [0.2, 0.25) is 3.58 Å². The number of hydrogen-bond donors (Lipinski definition) is 0. The van der Waals surface area contributed by atoms with Gasteiger partial charge in [-0.3, -0.25) is 0 Å². The maximum absolute atomic E-state index is 12.6. The van der Waals surface area contributed by atoms with Crippen LogP contribution in [0.4, 0.5) is 26.3 Å². The molecule has 0 heterocycles. The van der Waals surface area contributed by atoms with Crippen molar-refractivity contribution in [1.82, 2.24) is 0 Å².